The van der Waals surface area contributed by atoms with Crippen LogP contribution in [0.5, 0.6) is 5.75 Å². The minimum atomic E-state index is 0.502. The molecule has 4 heteroatoms. The Balaban J connectivity index is 1.75. The molecule has 0 aliphatic carbocycles. The lowest BCUT2D eigenvalue weighted by Gasteiger charge is -2.15. The Bertz CT molecular complexity index is 1130. The van der Waals surface area contributed by atoms with Crippen molar-refractivity contribution in [2.45, 2.75) is 40.7 Å². The molecule has 2 aromatic heterocycles. The molecule has 0 spiro atoms. The quantitative estimate of drug-likeness (QED) is 0.387. The van der Waals surface area contributed by atoms with Crippen molar-refractivity contribution in [3.05, 3.63) is 89.2 Å². The Labute approximate surface area is 178 Å². The lowest BCUT2D eigenvalue weighted by atomic mass is 10.1. The summed E-state index contributed by atoms with van der Waals surface area (Å²) in [6.45, 7) is 9.23. The number of ether oxygens (including phenoxy) is 1. The molecule has 0 aliphatic rings. The van der Waals surface area contributed by atoms with Gasteiger partial charge in [0.2, 0.25) is 0 Å². The fraction of sp³-hybridized carbons (Fsp3) is 0.269. The summed E-state index contributed by atoms with van der Waals surface area (Å²) in [6.07, 6.45) is 2.95. The number of aromatic nitrogens is 2. The molecule has 154 valence electrons. The molecule has 0 bridgehead atoms. The topological polar surface area (TPSA) is 38.6 Å². The van der Waals surface area contributed by atoms with Gasteiger partial charge in [-0.15, -0.1) is 0 Å². The molecule has 4 aromatic rings. The van der Waals surface area contributed by atoms with Crippen molar-refractivity contribution in [3.63, 3.8) is 0 Å². The van der Waals surface area contributed by atoms with Gasteiger partial charge in [0.1, 0.15) is 12.4 Å². The number of imidazole rings is 1. The first-order valence-electron chi connectivity index (χ1n) is 10.5. The van der Waals surface area contributed by atoms with Crippen LogP contribution in [0, 0.1) is 19.8 Å². The minimum Gasteiger partial charge on any atom is -0.485 e. The van der Waals surface area contributed by atoms with Crippen molar-refractivity contribution in [2.24, 2.45) is 5.92 Å². The highest BCUT2D eigenvalue weighted by atomic mass is 16.5. The second kappa shape index (κ2) is 8.62. The first-order chi connectivity index (χ1) is 14.5. The van der Waals surface area contributed by atoms with Crippen molar-refractivity contribution in [2.75, 3.05) is 5.32 Å². The summed E-state index contributed by atoms with van der Waals surface area (Å²) in [6, 6.07) is 20.6. The zero-order valence-electron chi connectivity index (χ0n) is 18.1. The Morgan fingerprint density at radius 1 is 0.933 bits per heavy atom. The Morgan fingerprint density at radius 2 is 1.67 bits per heavy atom. The van der Waals surface area contributed by atoms with Crippen molar-refractivity contribution in [1.82, 2.24) is 9.38 Å². The van der Waals surface area contributed by atoms with E-state index in [1.54, 1.807) is 0 Å². The van der Waals surface area contributed by atoms with Gasteiger partial charge in [-0.2, -0.15) is 0 Å². The number of nitrogens with zero attached hydrogens (tertiary/aromatic N) is 2. The van der Waals surface area contributed by atoms with E-state index < -0.39 is 0 Å². The standard InChI is InChI=1S/C26H29N3O/c1-18(2)16-22-25(28-24-19(3)10-8-11-20(24)4)29-15-9-14-23(26(29)27-22)30-17-21-12-6-5-7-13-21/h5-15,18,28H,16-17H2,1-4H3. The van der Waals surface area contributed by atoms with Gasteiger partial charge < -0.3 is 10.1 Å². The minimum absolute atomic E-state index is 0.502. The van der Waals surface area contributed by atoms with E-state index >= 15 is 0 Å². The molecule has 2 heterocycles. The van der Waals surface area contributed by atoms with E-state index in [0.29, 0.717) is 12.5 Å². The van der Waals surface area contributed by atoms with Crippen LogP contribution in [0.4, 0.5) is 11.5 Å². The normalized spacial score (nSPS) is 11.2. The fourth-order valence-corrected chi connectivity index (χ4v) is 3.73. The van der Waals surface area contributed by atoms with Gasteiger partial charge in [-0.1, -0.05) is 62.4 Å². The van der Waals surface area contributed by atoms with Gasteiger partial charge in [-0.05, 0) is 55.0 Å². The van der Waals surface area contributed by atoms with E-state index in [0.717, 1.165) is 40.6 Å². The summed E-state index contributed by atoms with van der Waals surface area (Å²) in [5.74, 6) is 2.31. The van der Waals surface area contributed by atoms with Crippen LogP contribution >= 0.6 is 0 Å². The summed E-state index contributed by atoms with van der Waals surface area (Å²) in [7, 11) is 0. The molecular formula is C26H29N3O. The van der Waals surface area contributed by atoms with Crippen LogP contribution in [0.1, 0.15) is 36.2 Å². The zero-order chi connectivity index (χ0) is 21.1. The summed E-state index contributed by atoms with van der Waals surface area (Å²) >= 11 is 0. The van der Waals surface area contributed by atoms with E-state index in [4.69, 9.17) is 9.72 Å². The average Bonchev–Trinajstić information content (AvgIpc) is 3.07. The predicted molar refractivity (Wildman–Crippen MR) is 124 cm³/mol. The maximum absolute atomic E-state index is 6.17. The molecule has 0 saturated carbocycles. The number of aryl methyl sites for hydroxylation is 2. The van der Waals surface area contributed by atoms with E-state index in [1.165, 1.54) is 11.1 Å². The van der Waals surface area contributed by atoms with E-state index in [1.807, 2.05) is 30.3 Å². The highest BCUT2D eigenvalue weighted by Gasteiger charge is 2.18. The van der Waals surface area contributed by atoms with Gasteiger partial charge in [0, 0.05) is 11.9 Å². The highest BCUT2D eigenvalue weighted by molar-refractivity contribution is 5.70. The molecule has 4 rings (SSSR count). The van der Waals surface area contributed by atoms with Crippen molar-refractivity contribution in [1.29, 1.82) is 0 Å². The summed E-state index contributed by atoms with van der Waals surface area (Å²) in [4.78, 5) is 5.00. The number of fused-ring (bicyclic) bond motifs is 1. The zero-order valence-corrected chi connectivity index (χ0v) is 18.1. The lowest BCUT2D eigenvalue weighted by molar-refractivity contribution is 0.308. The molecule has 2 aromatic carbocycles. The number of rotatable bonds is 7. The Kier molecular flexibility index (Phi) is 5.75. The molecule has 4 nitrogen and oxygen atoms in total. The first-order valence-corrected chi connectivity index (χ1v) is 10.5. The SMILES string of the molecule is Cc1cccc(C)c1Nc1c(CC(C)C)nc2c(OCc3ccccc3)cccn12. The maximum atomic E-state index is 6.17. The third-order valence-electron chi connectivity index (χ3n) is 5.25. The van der Waals surface area contributed by atoms with Gasteiger partial charge in [-0.3, -0.25) is 4.40 Å². The van der Waals surface area contributed by atoms with Gasteiger partial charge in [0.25, 0.3) is 0 Å². The molecule has 0 aliphatic heterocycles. The molecule has 0 radical (unpaired) electrons. The third kappa shape index (κ3) is 4.18. The van der Waals surface area contributed by atoms with Gasteiger partial charge in [-0.25, -0.2) is 4.98 Å². The van der Waals surface area contributed by atoms with Gasteiger partial charge in [0.05, 0.1) is 5.69 Å². The van der Waals surface area contributed by atoms with Crippen molar-refractivity contribution >= 4 is 17.2 Å². The lowest BCUT2D eigenvalue weighted by Crippen LogP contribution is -2.04. The second-order valence-electron chi connectivity index (χ2n) is 8.24. The van der Waals surface area contributed by atoms with Gasteiger partial charge in [0.15, 0.2) is 11.4 Å². The second-order valence-corrected chi connectivity index (χ2v) is 8.24. The van der Waals surface area contributed by atoms with Crippen molar-refractivity contribution in [3.8, 4) is 5.75 Å². The van der Waals surface area contributed by atoms with Crippen LogP contribution in [0.2, 0.25) is 0 Å². The molecule has 0 unspecified atom stereocenters. The number of para-hydroxylation sites is 1. The molecule has 1 N–H and O–H groups in total. The van der Waals surface area contributed by atoms with Crippen LogP contribution in [0.25, 0.3) is 5.65 Å². The molecule has 0 atom stereocenters. The molecule has 0 fully saturated rings. The van der Waals surface area contributed by atoms with Crippen LogP contribution in [0.3, 0.4) is 0 Å². The molecule has 0 saturated heterocycles. The number of hydrogen-bond donors (Lipinski definition) is 1. The van der Waals surface area contributed by atoms with Crippen molar-refractivity contribution < 1.29 is 4.74 Å². The van der Waals surface area contributed by atoms with Gasteiger partial charge >= 0.3 is 0 Å². The number of benzene rings is 2. The van der Waals surface area contributed by atoms with E-state index in [9.17, 15) is 0 Å². The maximum Gasteiger partial charge on any atom is 0.181 e. The summed E-state index contributed by atoms with van der Waals surface area (Å²) in [5.41, 5.74) is 6.62. The number of anilines is 2. The number of hydrogen-bond acceptors (Lipinski definition) is 3. The van der Waals surface area contributed by atoms with Crippen LogP contribution in [-0.4, -0.2) is 9.38 Å². The highest BCUT2D eigenvalue weighted by Crippen LogP contribution is 2.31. The number of nitrogens with one attached hydrogen (secondary N) is 1. The average molecular weight is 400 g/mol. The van der Waals surface area contributed by atoms with Crippen LogP contribution < -0.4 is 10.1 Å². The molecule has 30 heavy (non-hydrogen) atoms. The molecule has 0 amide bonds. The largest absolute Gasteiger partial charge is 0.485 e. The summed E-state index contributed by atoms with van der Waals surface area (Å²) < 4.78 is 8.28. The smallest absolute Gasteiger partial charge is 0.181 e. The Hall–Kier alpha value is -3.27. The number of pyridine rings is 1. The predicted octanol–water partition coefficient (Wildman–Crippen LogP) is 6.47. The monoisotopic (exact) mass is 399 g/mol. The van der Waals surface area contributed by atoms with Crippen LogP contribution in [-0.2, 0) is 13.0 Å². The first kappa shape index (κ1) is 20.0. The summed E-state index contributed by atoms with van der Waals surface area (Å²) in [5, 5.41) is 3.68. The Morgan fingerprint density at radius 3 is 2.37 bits per heavy atom. The van der Waals surface area contributed by atoms with E-state index in [2.05, 4.69) is 73.9 Å². The third-order valence-corrected chi connectivity index (χ3v) is 5.25. The fourth-order valence-electron chi connectivity index (χ4n) is 3.73. The van der Waals surface area contributed by atoms with Crippen LogP contribution in [0.15, 0.2) is 66.9 Å². The van der Waals surface area contributed by atoms with E-state index in [-0.39, 0.29) is 0 Å². The molecular weight excluding hydrogens is 370 g/mol.